The first kappa shape index (κ1) is 25.6. The second kappa shape index (κ2) is 11.4. The lowest BCUT2D eigenvalue weighted by Crippen LogP contribution is -2.47. The van der Waals surface area contributed by atoms with Gasteiger partial charge in [0, 0.05) is 31.7 Å². The number of aliphatic carboxylic acids is 1. The number of hydrogen-bond acceptors (Lipinski definition) is 4. The van der Waals surface area contributed by atoms with Gasteiger partial charge >= 0.3 is 18.2 Å². The van der Waals surface area contributed by atoms with Crippen molar-refractivity contribution in [2.75, 3.05) is 26.2 Å². The van der Waals surface area contributed by atoms with Crippen LogP contribution in [0.3, 0.4) is 0 Å². The number of carboxylic acids is 1. The lowest BCUT2D eigenvalue weighted by atomic mass is 9.87. The molecule has 3 N–H and O–H groups in total. The van der Waals surface area contributed by atoms with Crippen LogP contribution in [0.15, 0.2) is 24.3 Å². The van der Waals surface area contributed by atoms with Crippen LogP contribution in [-0.2, 0) is 4.79 Å². The first-order chi connectivity index (χ1) is 16.1. The second-order valence-electron chi connectivity index (χ2n) is 8.74. The quantitative estimate of drug-likeness (QED) is 0.513. The van der Waals surface area contributed by atoms with E-state index in [4.69, 9.17) is 9.84 Å². The maximum absolute atomic E-state index is 12.7. The summed E-state index contributed by atoms with van der Waals surface area (Å²) in [5.74, 6) is -2.15. The topological polar surface area (TPSA) is 108 Å². The molecular weight excluding hydrogens is 455 g/mol. The molecule has 1 heterocycles. The molecule has 1 saturated carbocycles. The van der Waals surface area contributed by atoms with E-state index >= 15 is 0 Å². The van der Waals surface area contributed by atoms with Gasteiger partial charge in [0.05, 0.1) is 17.9 Å². The van der Waals surface area contributed by atoms with Gasteiger partial charge in [0.15, 0.2) is 0 Å². The first-order valence-electron chi connectivity index (χ1n) is 11.5. The number of amides is 3. The number of carboxylic acid groups (broad SMARTS) is 1. The zero-order valence-corrected chi connectivity index (χ0v) is 18.8. The third kappa shape index (κ3) is 7.26. The number of carbonyl (C=O) groups is 3. The summed E-state index contributed by atoms with van der Waals surface area (Å²) in [5.41, 5.74) is 0.419. The maximum atomic E-state index is 12.7. The van der Waals surface area contributed by atoms with Crippen LogP contribution in [0.4, 0.5) is 18.0 Å². The van der Waals surface area contributed by atoms with Crippen molar-refractivity contribution >= 4 is 17.9 Å². The highest BCUT2D eigenvalue weighted by Crippen LogP contribution is 2.34. The van der Waals surface area contributed by atoms with Crippen LogP contribution in [0, 0.1) is 11.8 Å². The van der Waals surface area contributed by atoms with E-state index in [1.54, 1.807) is 24.3 Å². The van der Waals surface area contributed by atoms with Gasteiger partial charge in [-0.15, -0.1) is 0 Å². The first-order valence-corrected chi connectivity index (χ1v) is 11.5. The third-order valence-corrected chi connectivity index (χ3v) is 6.37. The highest BCUT2D eigenvalue weighted by atomic mass is 19.4. The van der Waals surface area contributed by atoms with Gasteiger partial charge in [-0.3, -0.25) is 9.59 Å². The molecule has 2 fully saturated rings. The Hall–Kier alpha value is -2.98. The molecule has 0 unspecified atom stereocenters. The number of carbonyl (C=O) groups excluding carboxylic acids is 2. The fourth-order valence-corrected chi connectivity index (χ4v) is 4.27. The summed E-state index contributed by atoms with van der Waals surface area (Å²) in [4.78, 5) is 36.8. The minimum absolute atomic E-state index is 0.0434. The molecule has 0 spiro atoms. The molecule has 1 aromatic carbocycles. The molecular formula is C23H30F3N3O5. The normalized spacial score (nSPS) is 21.6. The van der Waals surface area contributed by atoms with Crippen molar-refractivity contribution in [2.45, 2.75) is 50.8 Å². The highest BCUT2D eigenvalue weighted by molar-refractivity contribution is 5.94. The van der Waals surface area contributed by atoms with Crippen LogP contribution in [-0.4, -0.2) is 66.4 Å². The van der Waals surface area contributed by atoms with Crippen molar-refractivity contribution in [1.82, 2.24) is 15.5 Å². The van der Waals surface area contributed by atoms with Crippen LogP contribution in [0.25, 0.3) is 0 Å². The SMILES string of the molecule is O=C(NCCNC(=O)N1CCC(C(F)(F)F)CC1)c1ccc(OC2CCC(C(=O)O)CC2)cc1. The van der Waals surface area contributed by atoms with Crippen molar-refractivity contribution < 1.29 is 37.4 Å². The summed E-state index contributed by atoms with van der Waals surface area (Å²) in [7, 11) is 0. The third-order valence-electron chi connectivity index (χ3n) is 6.37. The largest absolute Gasteiger partial charge is 0.490 e. The smallest absolute Gasteiger partial charge is 0.391 e. The van der Waals surface area contributed by atoms with Crippen LogP contribution < -0.4 is 15.4 Å². The van der Waals surface area contributed by atoms with Crippen LogP contribution in [0.1, 0.15) is 48.9 Å². The zero-order valence-electron chi connectivity index (χ0n) is 18.8. The van der Waals surface area contributed by atoms with Gasteiger partial charge in [-0.1, -0.05) is 0 Å². The minimum atomic E-state index is -4.22. The molecule has 0 atom stereocenters. The van der Waals surface area contributed by atoms with Crippen molar-refractivity contribution in [1.29, 1.82) is 0 Å². The molecule has 3 rings (SSSR count). The van der Waals surface area contributed by atoms with Crippen LogP contribution in [0.2, 0.25) is 0 Å². The molecule has 2 aliphatic rings. The number of alkyl halides is 3. The minimum Gasteiger partial charge on any atom is -0.490 e. The Morgan fingerprint density at radius 2 is 1.53 bits per heavy atom. The van der Waals surface area contributed by atoms with E-state index in [0.29, 0.717) is 37.0 Å². The number of ether oxygens (including phenoxy) is 1. The monoisotopic (exact) mass is 485 g/mol. The number of rotatable bonds is 7. The van der Waals surface area contributed by atoms with E-state index < -0.39 is 24.1 Å². The predicted molar refractivity (Wildman–Crippen MR) is 117 cm³/mol. The predicted octanol–water partition coefficient (Wildman–Crippen LogP) is 3.42. The van der Waals surface area contributed by atoms with E-state index in [1.807, 2.05) is 0 Å². The van der Waals surface area contributed by atoms with E-state index in [0.717, 1.165) is 0 Å². The molecule has 1 saturated heterocycles. The van der Waals surface area contributed by atoms with Crippen LogP contribution in [0.5, 0.6) is 5.75 Å². The number of hydrogen-bond donors (Lipinski definition) is 3. The van der Waals surface area contributed by atoms with Gasteiger partial charge in [-0.05, 0) is 62.8 Å². The summed E-state index contributed by atoms with van der Waals surface area (Å²) in [6.07, 6.45) is -1.95. The summed E-state index contributed by atoms with van der Waals surface area (Å²) < 4.78 is 44.0. The number of benzene rings is 1. The second-order valence-corrected chi connectivity index (χ2v) is 8.74. The number of halogens is 3. The number of urea groups is 1. The molecule has 0 aromatic heterocycles. The summed E-state index contributed by atoms with van der Waals surface area (Å²) in [5, 5.41) is 14.4. The summed E-state index contributed by atoms with van der Waals surface area (Å²) >= 11 is 0. The molecule has 1 aromatic rings. The zero-order chi connectivity index (χ0) is 24.7. The Bertz CT molecular complexity index is 846. The fraction of sp³-hybridized carbons (Fsp3) is 0.609. The molecule has 188 valence electrons. The Labute approximate surface area is 195 Å². The van der Waals surface area contributed by atoms with Crippen molar-refractivity contribution in [2.24, 2.45) is 11.8 Å². The van der Waals surface area contributed by atoms with Crippen LogP contribution >= 0.6 is 0 Å². The lowest BCUT2D eigenvalue weighted by Gasteiger charge is -2.32. The molecule has 1 aliphatic carbocycles. The molecule has 0 radical (unpaired) electrons. The number of nitrogens with zero attached hydrogens (tertiary/aromatic N) is 1. The molecule has 8 nitrogen and oxygen atoms in total. The highest BCUT2D eigenvalue weighted by Gasteiger charge is 2.41. The number of piperidine rings is 1. The standard InChI is InChI=1S/C23H30F3N3O5/c24-23(25,26)17-9-13-29(14-10-17)22(33)28-12-11-27-20(30)15-1-5-18(6-2-15)34-19-7-3-16(4-8-19)21(31)32/h1-2,5-6,16-17,19H,3-4,7-14H2,(H,27,30)(H,28,33)(H,31,32). The molecule has 34 heavy (non-hydrogen) atoms. The van der Waals surface area contributed by atoms with Crippen molar-refractivity contribution in [3.63, 3.8) is 0 Å². The molecule has 11 heteroatoms. The van der Waals surface area contributed by atoms with Gasteiger partial charge in [-0.2, -0.15) is 13.2 Å². The fourth-order valence-electron chi connectivity index (χ4n) is 4.27. The molecule has 1 aliphatic heterocycles. The lowest BCUT2D eigenvalue weighted by molar-refractivity contribution is -0.183. The Balaban J connectivity index is 1.33. The summed E-state index contributed by atoms with van der Waals surface area (Å²) in [6, 6.07) is 6.18. The number of likely N-dealkylation sites (tertiary alicyclic amines) is 1. The van der Waals surface area contributed by atoms with E-state index in [9.17, 15) is 27.6 Å². The van der Waals surface area contributed by atoms with E-state index in [-0.39, 0.29) is 56.9 Å². The van der Waals surface area contributed by atoms with Gasteiger partial charge < -0.3 is 25.4 Å². The molecule has 0 bridgehead atoms. The Morgan fingerprint density at radius 3 is 2.09 bits per heavy atom. The Morgan fingerprint density at radius 1 is 0.941 bits per heavy atom. The van der Waals surface area contributed by atoms with Gasteiger partial charge in [-0.25, -0.2) is 4.79 Å². The summed E-state index contributed by atoms with van der Waals surface area (Å²) in [6.45, 7) is 0.439. The maximum Gasteiger partial charge on any atom is 0.391 e. The van der Waals surface area contributed by atoms with E-state index in [1.165, 1.54) is 4.90 Å². The average Bonchev–Trinajstić information content (AvgIpc) is 2.82. The molecule has 3 amide bonds. The Kier molecular flexibility index (Phi) is 8.62. The average molecular weight is 486 g/mol. The van der Waals surface area contributed by atoms with Gasteiger partial charge in [0.1, 0.15) is 5.75 Å². The van der Waals surface area contributed by atoms with E-state index in [2.05, 4.69) is 10.6 Å². The number of nitrogens with one attached hydrogen (secondary N) is 2. The van der Waals surface area contributed by atoms with Crippen molar-refractivity contribution in [3.8, 4) is 5.75 Å². The van der Waals surface area contributed by atoms with Gasteiger partial charge in [0.25, 0.3) is 5.91 Å². The van der Waals surface area contributed by atoms with Crippen molar-refractivity contribution in [3.05, 3.63) is 29.8 Å². The van der Waals surface area contributed by atoms with Gasteiger partial charge in [0.2, 0.25) is 0 Å².